The Bertz CT molecular complexity index is 1180. The zero-order chi connectivity index (χ0) is 24.2. The number of nitrogens with zero attached hydrogens (tertiary/aromatic N) is 1. The van der Waals surface area contributed by atoms with Crippen molar-refractivity contribution in [3.63, 3.8) is 0 Å². The maximum atomic E-state index is 12.5. The number of hydrogen-bond donors (Lipinski definition) is 3. The lowest BCUT2D eigenvalue weighted by atomic mass is 10.1. The van der Waals surface area contributed by atoms with E-state index >= 15 is 0 Å². The first kappa shape index (κ1) is 23.6. The molecule has 0 spiro atoms. The van der Waals surface area contributed by atoms with Crippen LogP contribution in [-0.4, -0.2) is 59.4 Å². The van der Waals surface area contributed by atoms with E-state index < -0.39 is 0 Å². The lowest BCUT2D eigenvalue weighted by molar-refractivity contribution is 0.0921. The van der Waals surface area contributed by atoms with E-state index in [4.69, 9.17) is 31.3 Å². The highest BCUT2D eigenvalue weighted by Crippen LogP contribution is 2.31. The van der Waals surface area contributed by atoms with Gasteiger partial charge in [-0.2, -0.15) is 0 Å². The lowest BCUT2D eigenvalue weighted by Gasteiger charge is -2.32. The van der Waals surface area contributed by atoms with Gasteiger partial charge in [-0.1, -0.05) is 12.2 Å². The summed E-state index contributed by atoms with van der Waals surface area (Å²) in [5.74, 6) is 1.40. The average Bonchev–Trinajstić information content (AvgIpc) is 3.65. The highest BCUT2D eigenvalue weighted by atomic mass is 32.1. The standard InChI is InChI=1S/C26H29N3O5S/c30-25(27-11-14-32-20-5-1-17(2-6-20)26(35)28-31)24-16-18-15-22(7-8-23(18)34-24)33-21-9-12-29(13-10-21)19-3-4-19/h1-2,5-8,15-16,19,21,31H,3-4,9-14H2,(H,27,30)(H,28,35). The predicted octanol–water partition coefficient (Wildman–Crippen LogP) is 3.90. The Kier molecular flexibility index (Phi) is 7.17. The molecular formula is C26H29N3O5S. The number of nitrogens with one attached hydrogen (secondary N) is 2. The number of furan rings is 1. The molecule has 1 saturated carbocycles. The largest absolute Gasteiger partial charge is 0.492 e. The van der Waals surface area contributed by atoms with E-state index in [-0.39, 0.29) is 22.8 Å². The molecule has 5 rings (SSSR count). The van der Waals surface area contributed by atoms with Gasteiger partial charge in [0.05, 0.1) is 6.54 Å². The van der Waals surface area contributed by atoms with Crippen LogP contribution in [0.2, 0.25) is 0 Å². The third-order valence-electron chi connectivity index (χ3n) is 6.43. The number of thiocarbonyl (C=S) groups is 1. The molecule has 0 bridgehead atoms. The Balaban J connectivity index is 1.09. The van der Waals surface area contributed by atoms with Gasteiger partial charge in [0, 0.05) is 30.1 Å². The van der Waals surface area contributed by atoms with Crippen LogP contribution in [0.5, 0.6) is 11.5 Å². The van der Waals surface area contributed by atoms with Gasteiger partial charge in [0.25, 0.3) is 5.91 Å². The Morgan fingerprint density at radius 1 is 1.06 bits per heavy atom. The molecule has 1 saturated heterocycles. The molecule has 0 unspecified atom stereocenters. The smallest absolute Gasteiger partial charge is 0.287 e. The van der Waals surface area contributed by atoms with Gasteiger partial charge in [-0.3, -0.25) is 15.5 Å². The number of rotatable bonds is 9. The van der Waals surface area contributed by atoms with E-state index in [2.05, 4.69) is 10.2 Å². The minimum Gasteiger partial charge on any atom is -0.492 e. The molecular weight excluding hydrogens is 466 g/mol. The molecule has 1 aliphatic heterocycles. The molecule has 8 nitrogen and oxygen atoms in total. The van der Waals surface area contributed by atoms with E-state index in [0.29, 0.717) is 30.0 Å². The summed E-state index contributed by atoms with van der Waals surface area (Å²) >= 11 is 4.96. The Morgan fingerprint density at radius 3 is 2.51 bits per heavy atom. The van der Waals surface area contributed by atoms with E-state index in [1.54, 1.807) is 30.3 Å². The molecule has 3 N–H and O–H groups in total. The molecule has 184 valence electrons. The van der Waals surface area contributed by atoms with Gasteiger partial charge >= 0.3 is 0 Å². The van der Waals surface area contributed by atoms with Crippen molar-refractivity contribution >= 4 is 34.1 Å². The number of hydroxylamine groups is 1. The van der Waals surface area contributed by atoms with Crippen molar-refractivity contribution in [2.75, 3.05) is 26.2 Å². The fourth-order valence-corrected chi connectivity index (χ4v) is 4.52. The summed E-state index contributed by atoms with van der Waals surface area (Å²) in [7, 11) is 0. The highest BCUT2D eigenvalue weighted by Gasteiger charge is 2.32. The molecule has 3 aromatic rings. The van der Waals surface area contributed by atoms with Crippen LogP contribution < -0.4 is 20.3 Å². The van der Waals surface area contributed by atoms with Gasteiger partial charge in [-0.15, -0.1) is 0 Å². The second-order valence-electron chi connectivity index (χ2n) is 8.96. The van der Waals surface area contributed by atoms with Crippen molar-refractivity contribution in [2.24, 2.45) is 0 Å². The topological polar surface area (TPSA) is 96.2 Å². The fraction of sp³-hybridized carbons (Fsp3) is 0.385. The molecule has 2 aromatic carbocycles. The van der Waals surface area contributed by atoms with E-state index in [0.717, 1.165) is 43.1 Å². The molecule has 1 aliphatic carbocycles. The van der Waals surface area contributed by atoms with E-state index in [1.165, 1.54) is 12.8 Å². The lowest BCUT2D eigenvalue weighted by Crippen LogP contribution is -2.39. The van der Waals surface area contributed by atoms with Crippen LogP contribution in [0.1, 0.15) is 41.8 Å². The minimum absolute atomic E-state index is 0.233. The zero-order valence-electron chi connectivity index (χ0n) is 19.4. The Morgan fingerprint density at radius 2 is 1.80 bits per heavy atom. The summed E-state index contributed by atoms with van der Waals surface area (Å²) in [5, 5.41) is 12.5. The van der Waals surface area contributed by atoms with Gasteiger partial charge in [0.15, 0.2) is 5.76 Å². The summed E-state index contributed by atoms with van der Waals surface area (Å²) in [6.45, 7) is 2.84. The first-order valence-electron chi connectivity index (χ1n) is 12.0. The van der Waals surface area contributed by atoms with Crippen molar-refractivity contribution in [3.05, 3.63) is 59.9 Å². The number of ether oxygens (including phenoxy) is 2. The molecule has 0 radical (unpaired) electrons. The number of fused-ring (bicyclic) bond motifs is 1. The Labute approximate surface area is 209 Å². The third-order valence-corrected chi connectivity index (χ3v) is 6.76. The summed E-state index contributed by atoms with van der Waals surface area (Å²) in [6, 6.07) is 15.2. The van der Waals surface area contributed by atoms with Crippen molar-refractivity contribution in [3.8, 4) is 11.5 Å². The molecule has 2 fully saturated rings. The molecule has 35 heavy (non-hydrogen) atoms. The summed E-state index contributed by atoms with van der Waals surface area (Å²) in [6.07, 6.45) is 5.02. The Hall–Kier alpha value is -3.14. The SMILES string of the molecule is O=C(NCCOc1ccc(C(=S)NO)cc1)c1cc2cc(OC3CCN(C4CC4)CC3)ccc2o1. The van der Waals surface area contributed by atoms with Crippen LogP contribution >= 0.6 is 12.2 Å². The van der Waals surface area contributed by atoms with Gasteiger partial charge in [-0.05, 0) is 74.2 Å². The fourth-order valence-electron chi connectivity index (χ4n) is 4.39. The van der Waals surface area contributed by atoms with Gasteiger partial charge in [0.1, 0.15) is 34.8 Å². The molecule has 0 atom stereocenters. The van der Waals surface area contributed by atoms with Crippen molar-refractivity contribution < 1.29 is 23.9 Å². The van der Waals surface area contributed by atoms with Gasteiger partial charge in [-0.25, -0.2) is 0 Å². The maximum absolute atomic E-state index is 12.5. The molecule has 1 amide bonds. The van der Waals surface area contributed by atoms with Crippen molar-refractivity contribution in [1.29, 1.82) is 0 Å². The second-order valence-corrected chi connectivity index (χ2v) is 9.37. The van der Waals surface area contributed by atoms with Crippen molar-refractivity contribution in [2.45, 2.75) is 37.8 Å². The monoisotopic (exact) mass is 495 g/mol. The predicted molar refractivity (Wildman–Crippen MR) is 135 cm³/mol. The number of carbonyl (C=O) groups is 1. The van der Waals surface area contributed by atoms with Crippen LogP contribution in [0.25, 0.3) is 11.0 Å². The number of likely N-dealkylation sites (tertiary alicyclic amines) is 1. The maximum Gasteiger partial charge on any atom is 0.287 e. The molecule has 2 heterocycles. The number of piperidine rings is 1. The zero-order valence-corrected chi connectivity index (χ0v) is 20.2. The van der Waals surface area contributed by atoms with E-state index in [1.807, 2.05) is 23.7 Å². The molecule has 1 aromatic heterocycles. The normalized spacial score (nSPS) is 16.7. The number of amides is 1. The van der Waals surface area contributed by atoms with Crippen LogP contribution in [0.3, 0.4) is 0 Å². The molecule has 2 aliphatic rings. The highest BCUT2D eigenvalue weighted by molar-refractivity contribution is 7.80. The first-order chi connectivity index (χ1) is 17.1. The number of hydrogen-bond acceptors (Lipinski definition) is 7. The summed E-state index contributed by atoms with van der Waals surface area (Å²) < 4.78 is 17.6. The van der Waals surface area contributed by atoms with E-state index in [9.17, 15) is 4.79 Å². The van der Waals surface area contributed by atoms with Crippen LogP contribution in [-0.2, 0) is 0 Å². The minimum atomic E-state index is -0.297. The van der Waals surface area contributed by atoms with Crippen molar-refractivity contribution in [1.82, 2.24) is 15.7 Å². The van der Waals surface area contributed by atoms with Gasteiger partial charge in [0.2, 0.25) is 0 Å². The van der Waals surface area contributed by atoms with Crippen LogP contribution in [0, 0.1) is 0 Å². The van der Waals surface area contributed by atoms with Crippen LogP contribution in [0.4, 0.5) is 0 Å². The van der Waals surface area contributed by atoms with Crippen LogP contribution in [0.15, 0.2) is 52.9 Å². The quantitative estimate of drug-likeness (QED) is 0.234. The number of carbonyl (C=O) groups excluding carboxylic acids is 1. The summed E-state index contributed by atoms with van der Waals surface area (Å²) in [4.78, 5) is 15.3. The molecule has 9 heteroatoms. The van der Waals surface area contributed by atoms with Gasteiger partial charge < -0.3 is 24.1 Å². The first-order valence-corrected chi connectivity index (χ1v) is 12.4. The second kappa shape index (κ2) is 10.6. The number of benzene rings is 2. The average molecular weight is 496 g/mol. The summed E-state index contributed by atoms with van der Waals surface area (Å²) in [5.41, 5.74) is 3.28. The third kappa shape index (κ3) is 5.93.